The van der Waals surface area contributed by atoms with Gasteiger partial charge in [-0.25, -0.2) is 8.78 Å². The summed E-state index contributed by atoms with van der Waals surface area (Å²) < 4.78 is 38.2. The van der Waals surface area contributed by atoms with E-state index in [1.54, 1.807) is 18.2 Å². The van der Waals surface area contributed by atoms with E-state index >= 15 is 0 Å². The van der Waals surface area contributed by atoms with Crippen molar-refractivity contribution in [1.82, 2.24) is 10.2 Å². The summed E-state index contributed by atoms with van der Waals surface area (Å²) in [6.45, 7) is 0.915. The number of nitrogens with zero attached hydrogens (tertiary/aromatic N) is 2. The first-order valence-corrected chi connectivity index (χ1v) is 8.36. The molecule has 0 saturated heterocycles. The second-order valence-corrected chi connectivity index (χ2v) is 5.84. The maximum absolute atomic E-state index is 13.7. The van der Waals surface area contributed by atoms with Gasteiger partial charge in [0.2, 0.25) is 0 Å². The Morgan fingerprint density at radius 3 is 2.39 bits per heavy atom. The average Bonchev–Trinajstić information content (AvgIpc) is 2.71. The van der Waals surface area contributed by atoms with Gasteiger partial charge >= 0.3 is 0 Å². The van der Waals surface area contributed by atoms with E-state index in [-0.39, 0.29) is 17.2 Å². The highest BCUT2D eigenvalue weighted by atomic mass is 19.1. The highest BCUT2D eigenvalue weighted by Gasteiger charge is 2.15. The van der Waals surface area contributed by atoms with Crippen molar-refractivity contribution >= 4 is 23.1 Å². The van der Waals surface area contributed by atoms with Crippen molar-refractivity contribution in [1.29, 1.82) is 0 Å². The van der Waals surface area contributed by atoms with E-state index in [1.165, 1.54) is 18.2 Å². The number of nitrogens with one attached hydrogen (secondary N) is 2. The number of amides is 1. The number of benzene rings is 2. The van der Waals surface area contributed by atoms with Crippen LogP contribution in [0.25, 0.3) is 0 Å². The topological polar surface area (TPSA) is 85.4 Å². The Balaban J connectivity index is 1.45. The van der Waals surface area contributed by atoms with Gasteiger partial charge in [0.1, 0.15) is 30.5 Å². The van der Waals surface area contributed by atoms with Gasteiger partial charge in [0, 0.05) is 11.8 Å². The van der Waals surface area contributed by atoms with Gasteiger partial charge in [-0.3, -0.25) is 4.79 Å². The molecule has 1 aromatic heterocycles. The fourth-order valence-corrected chi connectivity index (χ4v) is 2.58. The summed E-state index contributed by atoms with van der Waals surface area (Å²) in [6.07, 6.45) is 0. The molecule has 0 bridgehead atoms. The molecule has 28 heavy (non-hydrogen) atoms. The standard InChI is InChI=1S/C19H14F2N4O3/c20-12-2-1-3-13(21)18(12)23-17-7-5-14(24-25-17)19(26)22-11-4-6-15-16(10-11)28-9-8-27-15/h1-7,10H,8-9H2,(H,22,26)(H,23,25). The molecule has 0 unspecified atom stereocenters. The SMILES string of the molecule is O=C(Nc1ccc2c(c1)OCCO2)c1ccc(Nc2c(F)cccc2F)nn1. The smallest absolute Gasteiger partial charge is 0.276 e. The highest BCUT2D eigenvalue weighted by Crippen LogP contribution is 2.32. The molecular formula is C19H14F2N4O3. The Hall–Kier alpha value is -3.75. The van der Waals surface area contributed by atoms with E-state index in [0.29, 0.717) is 30.4 Å². The third kappa shape index (κ3) is 3.68. The van der Waals surface area contributed by atoms with Gasteiger partial charge in [0.05, 0.1) is 0 Å². The number of fused-ring (bicyclic) bond motifs is 1. The van der Waals surface area contributed by atoms with Crippen LogP contribution >= 0.6 is 0 Å². The third-order valence-corrected chi connectivity index (χ3v) is 3.91. The van der Waals surface area contributed by atoms with Crippen LogP contribution in [0.5, 0.6) is 11.5 Å². The number of hydrogen-bond donors (Lipinski definition) is 2. The molecule has 1 amide bonds. The maximum atomic E-state index is 13.7. The van der Waals surface area contributed by atoms with Crippen LogP contribution in [0.3, 0.4) is 0 Å². The lowest BCUT2D eigenvalue weighted by molar-refractivity contribution is 0.102. The van der Waals surface area contributed by atoms with Gasteiger partial charge in [-0.15, -0.1) is 10.2 Å². The van der Waals surface area contributed by atoms with Crippen molar-refractivity contribution in [3.8, 4) is 11.5 Å². The Morgan fingerprint density at radius 2 is 1.68 bits per heavy atom. The van der Waals surface area contributed by atoms with Crippen molar-refractivity contribution in [3.63, 3.8) is 0 Å². The summed E-state index contributed by atoms with van der Waals surface area (Å²) in [6, 6.07) is 11.3. The van der Waals surface area contributed by atoms with Crippen LogP contribution in [0.1, 0.15) is 10.5 Å². The van der Waals surface area contributed by atoms with Crippen molar-refractivity contribution < 1.29 is 23.0 Å². The Bertz CT molecular complexity index is 1010. The molecule has 142 valence electrons. The minimum atomic E-state index is -0.762. The molecule has 0 radical (unpaired) electrons. The largest absolute Gasteiger partial charge is 0.486 e. The summed E-state index contributed by atoms with van der Waals surface area (Å²) in [5.74, 6) is -0.765. The first kappa shape index (κ1) is 17.7. The summed E-state index contributed by atoms with van der Waals surface area (Å²) in [5.41, 5.74) is 0.200. The van der Waals surface area contributed by atoms with E-state index in [1.807, 2.05) is 0 Å². The van der Waals surface area contributed by atoms with E-state index in [9.17, 15) is 13.6 Å². The van der Waals surface area contributed by atoms with Crippen LogP contribution in [-0.2, 0) is 0 Å². The number of hydrogen-bond acceptors (Lipinski definition) is 6. The van der Waals surface area contributed by atoms with Crippen molar-refractivity contribution in [2.45, 2.75) is 0 Å². The van der Waals surface area contributed by atoms with Crippen LogP contribution in [0.15, 0.2) is 48.5 Å². The predicted octanol–water partition coefficient (Wildman–Crippen LogP) is 3.52. The zero-order valence-electron chi connectivity index (χ0n) is 14.4. The van der Waals surface area contributed by atoms with E-state index < -0.39 is 17.5 Å². The van der Waals surface area contributed by atoms with Crippen LogP contribution in [0.2, 0.25) is 0 Å². The molecule has 1 aliphatic heterocycles. The number of para-hydroxylation sites is 1. The van der Waals surface area contributed by atoms with Crippen LogP contribution in [-0.4, -0.2) is 29.3 Å². The Kier molecular flexibility index (Phi) is 4.71. The lowest BCUT2D eigenvalue weighted by Gasteiger charge is -2.18. The second-order valence-electron chi connectivity index (χ2n) is 5.84. The van der Waals surface area contributed by atoms with Crippen molar-refractivity contribution in [2.75, 3.05) is 23.8 Å². The molecule has 1 aliphatic rings. The lowest BCUT2D eigenvalue weighted by Crippen LogP contribution is -2.17. The van der Waals surface area contributed by atoms with Gasteiger partial charge in [0.25, 0.3) is 5.91 Å². The van der Waals surface area contributed by atoms with Crippen LogP contribution < -0.4 is 20.1 Å². The third-order valence-electron chi connectivity index (χ3n) is 3.91. The Labute approximate surface area is 158 Å². The minimum absolute atomic E-state index is 0.0365. The first-order chi connectivity index (χ1) is 13.6. The number of carbonyl (C=O) groups excluding carboxylic acids is 1. The quantitative estimate of drug-likeness (QED) is 0.716. The van der Waals surface area contributed by atoms with Crippen molar-refractivity contribution in [3.05, 3.63) is 65.9 Å². The number of aromatic nitrogens is 2. The molecule has 0 aliphatic carbocycles. The normalized spacial score (nSPS) is 12.4. The van der Waals surface area contributed by atoms with Gasteiger partial charge in [-0.05, 0) is 36.4 Å². The van der Waals surface area contributed by atoms with Gasteiger partial charge in [0.15, 0.2) is 23.0 Å². The van der Waals surface area contributed by atoms with Crippen LogP contribution in [0, 0.1) is 11.6 Å². The molecule has 0 fully saturated rings. The summed E-state index contributed by atoms with van der Waals surface area (Å²) >= 11 is 0. The zero-order valence-corrected chi connectivity index (χ0v) is 14.4. The average molecular weight is 384 g/mol. The number of ether oxygens (including phenoxy) is 2. The fraction of sp³-hybridized carbons (Fsp3) is 0.105. The maximum Gasteiger partial charge on any atom is 0.276 e. The van der Waals surface area contributed by atoms with Crippen molar-refractivity contribution in [2.24, 2.45) is 0 Å². The van der Waals surface area contributed by atoms with Crippen LogP contribution in [0.4, 0.5) is 26.0 Å². The summed E-state index contributed by atoms with van der Waals surface area (Å²) in [5, 5.41) is 12.8. The molecule has 7 nitrogen and oxygen atoms in total. The Morgan fingerprint density at radius 1 is 0.929 bits per heavy atom. The molecule has 9 heteroatoms. The van der Waals surface area contributed by atoms with E-state index in [2.05, 4.69) is 20.8 Å². The number of carbonyl (C=O) groups is 1. The van der Waals surface area contributed by atoms with Gasteiger partial charge in [-0.1, -0.05) is 6.07 Å². The molecule has 2 aromatic carbocycles. The molecule has 0 saturated carbocycles. The fourth-order valence-electron chi connectivity index (χ4n) is 2.58. The lowest BCUT2D eigenvalue weighted by atomic mass is 10.2. The monoisotopic (exact) mass is 384 g/mol. The van der Waals surface area contributed by atoms with Gasteiger partial charge in [-0.2, -0.15) is 0 Å². The second kappa shape index (κ2) is 7.47. The molecule has 3 aromatic rings. The number of rotatable bonds is 4. The molecule has 0 spiro atoms. The predicted molar refractivity (Wildman–Crippen MR) is 97.1 cm³/mol. The minimum Gasteiger partial charge on any atom is -0.486 e. The molecular weight excluding hydrogens is 370 g/mol. The summed E-state index contributed by atoms with van der Waals surface area (Å²) in [7, 11) is 0. The van der Waals surface area contributed by atoms with E-state index in [4.69, 9.17) is 9.47 Å². The highest BCUT2D eigenvalue weighted by molar-refractivity contribution is 6.03. The van der Waals surface area contributed by atoms with E-state index in [0.717, 1.165) is 12.1 Å². The molecule has 4 rings (SSSR count). The first-order valence-electron chi connectivity index (χ1n) is 8.36. The molecule has 0 atom stereocenters. The van der Waals surface area contributed by atoms with Gasteiger partial charge < -0.3 is 20.1 Å². The zero-order chi connectivity index (χ0) is 19.5. The summed E-state index contributed by atoms with van der Waals surface area (Å²) in [4.78, 5) is 12.3. The molecule has 2 N–H and O–H groups in total. The number of anilines is 3. The molecule has 2 heterocycles. The number of halogens is 2.